The zero-order chi connectivity index (χ0) is 15.4. The molecule has 0 radical (unpaired) electrons. The highest BCUT2D eigenvalue weighted by atomic mass is 19.1. The molecule has 0 saturated heterocycles. The molecule has 0 saturated carbocycles. The molecule has 0 bridgehead atoms. The van der Waals surface area contributed by atoms with Crippen molar-refractivity contribution in [2.45, 2.75) is 26.3 Å². The quantitative estimate of drug-likeness (QED) is 0.866. The predicted molar refractivity (Wildman–Crippen MR) is 77.6 cm³/mol. The van der Waals surface area contributed by atoms with E-state index in [1.807, 2.05) is 13.8 Å². The molecule has 1 unspecified atom stereocenters. The monoisotopic (exact) mass is 293 g/mol. The molecule has 0 aliphatic carbocycles. The van der Waals surface area contributed by atoms with E-state index in [2.05, 4.69) is 5.32 Å². The van der Waals surface area contributed by atoms with E-state index in [1.165, 1.54) is 6.07 Å². The highest BCUT2D eigenvalue weighted by Gasteiger charge is 2.18. The number of rotatable bonds is 5. The van der Waals surface area contributed by atoms with Gasteiger partial charge in [0.15, 0.2) is 0 Å². The summed E-state index contributed by atoms with van der Waals surface area (Å²) in [5.41, 5.74) is 1.64. The largest absolute Gasteiger partial charge is 0.310 e. The van der Waals surface area contributed by atoms with Gasteiger partial charge in [0.1, 0.15) is 17.5 Å². The van der Waals surface area contributed by atoms with Gasteiger partial charge in [0.05, 0.1) is 0 Å². The van der Waals surface area contributed by atoms with E-state index in [0.29, 0.717) is 12.1 Å². The van der Waals surface area contributed by atoms with Gasteiger partial charge in [-0.3, -0.25) is 0 Å². The number of aryl methyl sites for hydroxylation is 1. The van der Waals surface area contributed by atoms with Crippen LogP contribution in [-0.4, -0.2) is 6.54 Å². The van der Waals surface area contributed by atoms with Crippen molar-refractivity contribution in [3.05, 3.63) is 70.5 Å². The fourth-order valence-corrected chi connectivity index (χ4v) is 2.39. The van der Waals surface area contributed by atoms with Crippen molar-refractivity contribution in [2.24, 2.45) is 0 Å². The Labute approximate surface area is 122 Å². The van der Waals surface area contributed by atoms with Gasteiger partial charge in [-0.1, -0.05) is 24.6 Å². The maximum Gasteiger partial charge on any atom is 0.128 e. The first-order valence-corrected chi connectivity index (χ1v) is 6.94. The first kappa shape index (κ1) is 15.6. The van der Waals surface area contributed by atoms with Crippen LogP contribution in [0.5, 0.6) is 0 Å². The van der Waals surface area contributed by atoms with E-state index < -0.39 is 17.7 Å². The van der Waals surface area contributed by atoms with E-state index in [1.54, 1.807) is 12.1 Å². The molecule has 1 N–H and O–H groups in total. The Hall–Kier alpha value is -1.81. The van der Waals surface area contributed by atoms with Crippen LogP contribution in [0.3, 0.4) is 0 Å². The van der Waals surface area contributed by atoms with Gasteiger partial charge in [0.25, 0.3) is 0 Å². The molecule has 4 heteroatoms. The van der Waals surface area contributed by atoms with Crippen LogP contribution in [0.2, 0.25) is 0 Å². The van der Waals surface area contributed by atoms with Crippen LogP contribution in [0.15, 0.2) is 36.4 Å². The van der Waals surface area contributed by atoms with Gasteiger partial charge < -0.3 is 5.32 Å². The Kier molecular flexibility index (Phi) is 5.02. The van der Waals surface area contributed by atoms with Gasteiger partial charge in [0, 0.05) is 11.6 Å². The lowest BCUT2D eigenvalue weighted by Gasteiger charge is -2.20. The van der Waals surface area contributed by atoms with Crippen LogP contribution < -0.4 is 5.32 Å². The normalized spacial score (nSPS) is 12.4. The summed E-state index contributed by atoms with van der Waals surface area (Å²) in [4.78, 5) is 0. The summed E-state index contributed by atoms with van der Waals surface area (Å²) in [5.74, 6) is -1.32. The average molecular weight is 293 g/mol. The van der Waals surface area contributed by atoms with Crippen molar-refractivity contribution in [2.75, 3.05) is 6.54 Å². The Bertz CT molecular complexity index is 625. The Morgan fingerprint density at radius 3 is 2.43 bits per heavy atom. The molecule has 2 aromatic carbocycles. The molecule has 0 fully saturated rings. The fourth-order valence-electron chi connectivity index (χ4n) is 2.39. The summed E-state index contributed by atoms with van der Waals surface area (Å²) in [5, 5.41) is 3.13. The van der Waals surface area contributed by atoms with Crippen LogP contribution in [0.25, 0.3) is 0 Å². The summed E-state index contributed by atoms with van der Waals surface area (Å²) < 4.78 is 41.1. The number of benzene rings is 2. The smallest absolute Gasteiger partial charge is 0.128 e. The van der Waals surface area contributed by atoms with Gasteiger partial charge in [-0.05, 0) is 49.7 Å². The SMILES string of the molecule is CCNC(Cc1cc(F)ccc1F)c1cc(C)ccc1F. The van der Waals surface area contributed by atoms with Crippen LogP contribution in [0.1, 0.15) is 29.7 Å². The summed E-state index contributed by atoms with van der Waals surface area (Å²) >= 11 is 0. The fraction of sp³-hybridized carbons (Fsp3) is 0.294. The number of nitrogens with one attached hydrogen (secondary N) is 1. The molecule has 2 rings (SSSR count). The number of likely N-dealkylation sites (N-methyl/N-ethyl adjacent to an activating group) is 1. The molecule has 0 amide bonds. The molecule has 1 nitrogen and oxygen atoms in total. The van der Waals surface area contributed by atoms with Gasteiger partial charge in [-0.25, -0.2) is 13.2 Å². The van der Waals surface area contributed by atoms with Gasteiger partial charge in [-0.15, -0.1) is 0 Å². The summed E-state index contributed by atoms with van der Waals surface area (Å²) in [6.45, 7) is 4.37. The second-order valence-electron chi connectivity index (χ2n) is 5.08. The standard InChI is InChI=1S/C17H18F3N/c1-3-21-17(14-8-11(2)4-6-16(14)20)10-12-9-13(18)5-7-15(12)19/h4-9,17,21H,3,10H2,1-2H3. The summed E-state index contributed by atoms with van der Waals surface area (Å²) in [6.07, 6.45) is 0.192. The van der Waals surface area contributed by atoms with E-state index >= 15 is 0 Å². The Morgan fingerprint density at radius 2 is 1.71 bits per heavy atom. The third kappa shape index (κ3) is 3.85. The van der Waals surface area contributed by atoms with Gasteiger partial charge >= 0.3 is 0 Å². The molecule has 112 valence electrons. The predicted octanol–water partition coefficient (Wildman–Crippen LogP) is 4.31. The lowest BCUT2D eigenvalue weighted by Crippen LogP contribution is -2.24. The zero-order valence-electron chi connectivity index (χ0n) is 12.1. The lowest BCUT2D eigenvalue weighted by atomic mass is 9.96. The minimum absolute atomic E-state index is 0.192. The minimum Gasteiger partial charge on any atom is -0.310 e. The molecule has 21 heavy (non-hydrogen) atoms. The molecular formula is C17H18F3N. The summed E-state index contributed by atoms with van der Waals surface area (Å²) in [6, 6.07) is 7.76. The van der Waals surface area contributed by atoms with E-state index in [4.69, 9.17) is 0 Å². The molecule has 0 aromatic heterocycles. The molecule has 1 atom stereocenters. The van der Waals surface area contributed by atoms with Crippen molar-refractivity contribution in [3.63, 3.8) is 0 Å². The second kappa shape index (κ2) is 6.76. The third-order valence-electron chi connectivity index (χ3n) is 3.41. The molecule has 0 aliphatic rings. The van der Waals surface area contributed by atoms with E-state index in [9.17, 15) is 13.2 Å². The Balaban J connectivity index is 2.35. The number of hydrogen-bond acceptors (Lipinski definition) is 1. The maximum absolute atomic E-state index is 14.0. The maximum atomic E-state index is 14.0. The number of halogens is 3. The van der Waals surface area contributed by atoms with Crippen molar-refractivity contribution < 1.29 is 13.2 Å². The van der Waals surface area contributed by atoms with E-state index in [0.717, 1.165) is 23.8 Å². The lowest BCUT2D eigenvalue weighted by molar-refractivity contribution is 0.495. The van der Waals surface area contributed by atoms with Crippen molar-refractivity contribution in [1.82, 2.24) is 5.32 Å². The van der Waals surface area contributed by atoms with Crippen molar-refractivity contribution in [3.8, 4) is 0 Å². The second-order valence-corrected chi connectivity index (χ2v) is 5.08. The minimum atomic E-state index is -0.494. The van der Waals surface area contributed by atoms with Crippen LogP contribution in [0, 0.1) is 24.4 Å². The van der Waals surface area contributed by atoms with Crippen molar-refractivity contribution in [1.29, 1.82) is 0 Å². The molecule has 2 aromatic rings. The van der Waals surface area contributed by atoms with Crippen molar-refractivity contribution >= 4 is 0 Å². The average Bonchev–Trinajstić information content (AvgIpc) is 2.45. The van der Waals surface area contributed by atoms with Gasteiger partial charge in [0.2, 0.25) is 0 Å². The Morgan fingerprint density at radius 1 is 1.00 bits per heavy atom. The first-order chi connectivity index (χ1) is 10.0. The van der Waals surface area contributed by atoms with E-state index in [-0.39, 0.29) is 17.8 Å². The van der Waals surface area contributed by atoms with Crippen LogP contribution >= 0.6 is 0 Å². The first-order valence-electron chi connectivity index (χ1n) is 6.94. The van der Waals surface area contributed by atoms with Gasteiger partial charge in [-0.2, -0.15) is 0 Å². The molecule has 0 heterocycles. The van der Waals surface area contributed by atoms with Crippen LogP contribution in [-0.2, 0) is 6.42 Å². The highest BCUT2D eigenvalue weighted by molar-refractivity contribution is 5.29. The summed E-state index contributed by atoms with van der Waals surface area (Å²) in [7, 11) is 0. The third-order valence-corrected chi connectivity index (χ3v) is 3.41. The number of hydrogen-bond donors (Lipinski definition) is 1. The zero-order valence-corrected chi connectivity index (χ0v) is 12.1. The topological polar surface area (TPSA) is 12.0 Å². The molecule has 0 spiro atoms. The molecular weight excluding hydrogens is 275 g/mol. The highest BCUT2D eigenvalue weighted by Crippen LogP contribution is 2.24. The molecule has 0 aliphatic heterocycles. The van der Waals surface area contributed by atoms with Crippen LogP contribution in [0.4, 0.5) is 13.2 Å².